The molecule has 0 aliphatic carbocycles. The summed E-state index contributed by atoms with van der Waals surface area (Å²) in [6.45, 7) is 3.30. The van der Waals surface area contributed by atoms with E-state index in [4.69, 9.17) is 14.7 Å². The molecule has 1 aliphatic rings. The lowest BCUT2D eigenvalue weighted by atomic mass is 9.71. The zero-order valence-corrected chi connectivity index (χ0v) is 15.3. The number of esters is 1. The smallest absolute Gasteiger partial charge is 0.442 e. The molecule has 0 spiro atoms. The molecule has 2 rings (SSSR count). The van der Waals surface area contributed by atoms with Crippen molar-refractivity contribution in [3.05, 3.63) is 29.7 Å². The molecule has 27 heavy (non-hydrogen) atoms. The van der Waals surface area contributed by atoms with Crippen molar-refractivity contribution in [2.75, 3.05) is 13.2 Å². The van der Waals surface area contributed by atoms with Crippen molar-refractivity contribution in [1.29, 1.82) is 0 Å². The van der Waals surface area contributed by atoms with Gasteiger partial charge in [0.25, 0.3) is 5.78 Å². The molecule has 1 aliphatic heterocycles. The summed E-state index contributed by atoms with van der Waals surface area (Å²) >= 11 is 0. The van der Waals surface area contributed by atoms with Crippen LogP contribution in [-0.4, -0.2) is 52.1 Å². The van der Waals surface area contributed by atoms with Crippen LogP contribution < -0.4 is 0 Å². The van der Waals surface area contributed by atoms with Gasteiger partial charge in [0.15, 0.2) is 0 Å². The van der Waals surface area contributed by atoms with Gasteiger partial charge in [-0.25, -0.2) is 4.79 Å². The van der Waals surface area contributed by atoms with Crippen LogP contribution in [-0.2, 0) is 30.3 Å². The number of amides is 2. The van der Waals surface area contributed by atoms with Gasteiger partial charge in [0.1, 0.15) is 5.41 Å². The zero-order valence-electron chi connectivity index (χ0n) is 15.3. The van der Waals surface area contributed by atoms with Crippen LogP contribution in [0, 0.1) is 5.41 Å². The Hall–Kier alpha value is -3.06. The normalized spacial score (nSPS) is 19.3. The lowest BCUT2D eigenvalue weighted by Crippen LogP contribution is -2.57. The fourth-order valence-electron chi connectivity index (χ4n) is 3.21. The van der Waals surface area contributed by atoms with Crippen molar-refractivity contribution in [3.63, 3.8) is 0 Å². The highest BCUT2D eigenvalue weighted by atomic mass is 16.5. The Labute approximate surface area is 155 Å². The number of likely N-dealkylation sites (tertiary alicyclic amines) is 1. The summed E-state index contributed by atoms with van der Waals surface area (Å²) in [4.78, 5) is 54.3. The molecule has 0 bridgehead atoms. The summed E-state index contributed by atoms with van der Waals surface area (Å²) in [5, 5.41) is 0. The number of Topliss-reactive ketones (excluding diaryl/α,β-unsaturated/α-hetero) is 1. The Bertz CT molecular complexity index is 794. The minimum atomic E-state index is -1.64. The van der Waals surface area contributed by atoms with Crippen LogP contribution >= 0.6 is 0 Å². The third-order valence-corrected chi connectivity index (χ3v) is 4.70. The summed E-state index contributed by atoms with van der Waals surface area (Å²) in [6, 6.07) is 1.61. The Morgan fingerprint density at radius 3 is 2.67 bits per heavy atom. The van der Waals surface area contributed by atoms with E-state index in [1.165, 1.54) is 19.5 Å². The number of ketones is 1. The van der Waals surface area contributed by atoms with Crippen molar-refractivity contribution < 1.29 is 33.1 Å². The van der Waals surface area contributed by atoms with Gasteiger partial charge in [-0.05, 0) is 37.8 Å². The Morgan fingerprint density at radius 1 is 1.37 bits per heavy atom. The number of ether oxygens (including phenoxy) is 1. The van der Waals surface area contributed by atoms with Gasteiger partial charge in [0.05, 0.1) is 25.6 Å². The van der Waals surface area contributed by atoms with E-state index >= 15 is 0 Å². The average molecular weight is 375 g/mol. The van der Waals surface area contributed by atoms with Gasteiger partial charge < -0.3 is 14.7 Å². The molecule has 1 fully saturated rings. The van der Waals surface area contributed by atoms with Gasteiger partial charge in [-0.1, -0.05) is 6.92 Å². The van der Waals surface area contributed by atoms with Gasteiger partial charge in [0, 0.05) is 6.54 Å². The van der Waals surface area contributed by atoms with Crippen LogP contribution in [0.2, 0.25) is 0 Å². The Morgan fingerprint density at radius 2 is 2.11 bits per heavy atom. The first-order valence-electron chi connectivity index (χ1n) is 8.71. The Balaban J connectivity index is 2.30. The van der Waals surface area contributed by atoms with Crippen LogP contribution in [0.1, 0.15) is 38.7 Å². The first-order chi connectivity index (χ1) is 12.9. The molecule has 2 amide bonds. The number of carbonyl (C=O) groups is 4. The van der Waals surface area contributed by atoms with Crippen LogP contribution in [0.15, 0.2) is 23.0 Å². The first kappa shape index (κ1) is 20.3. The zero-order chi connectivity index (χ0) is 20.0. The molecule has 0 unspecified atom stereocenters. The van der Waals surface area contributed by atoms with E-state index in [2.05, 4.69) is 4.79 Å². The van der Waals surface area contributed by atoms with E-state index in [0.717, 1.165) is 4.90 Å². The fraction of sp³-hybridized carbons (Fsp3) is 0.500. The summed E-state index contributed by atoms with van der Waals surface area (Å²) in [5.41, 5.74) is 7.26. The molecule has 1 atom stereocenters. The number of rotatable bonds is 7. The van der Waals surface area contributed by atoms with Gasteiger partial charge in [0.2, 0.25) is 11.8 Å². The number of carbonyl (C=O) groups excluding carboxylic acids is 4. The summed E-state index contributed by atoms with van der Waals surface area (Å²) in [5.74, 6) is -3.20. The number of piperidine rings is 1. The summed E-state index contributed by atoms with van der Waals surface area (Å²) in [7, 11) is 0. The first-order valence-corrected chi connectivity index (χ1v) is 8.71. The predicted molar refractivity (Wildman–Crippen MR) is 91.4 cm³/mol. The molecule has 2 heterocycles. The van der Waals surface area contributed by atoms with E-state index in [0.29, 0.717) is 12.0 Å². The van der Waals surface area contributed by atoms with Crippen LogP contribution in [0.25, 0.3) is 5.53 Å². The lowest BCUT2D eigenvalue weighted by molar-refractivity contribution is -0.159. The third kappa shape index (κ3) is 3.88. The topological polar surface area (TPSA) is 130 Å². The number of hydrogen-bond acceptors (Lipinski definition) is 6. The maximum Gasteiger partial charge on any atom is 0.442 e. The van der Waals surface area contributed by atoms with Gasteiger partial charge in [-0.3, -0.25) is 19.3 Å². The average Bonchev–Trinajstić information content (AvgIpc) is 3.15. The van der Waals surface area contributed by atoms with Crippen molar-refractivity contribution in [1.82, 2.24) is 4.90 Å². The second-order valence-corrected chi connectivity index (χ2v) is 6.20. The highest BCUT2D eigenvalue weighted by Gasteiger charge is 2.55. The summed E-state index contributed by atoms with van der Waals surface area (Å²) in [6.07, 6.45) is 3.37. The van der Waals surface area contributed by atoms with Crippen LogP contribution in [0.5, 0.6) is 0 Å². The number of furan rings is 1. The van der Waals surface area contributed by atoms with Crippen LogP contribution in [0.3, 0.4) is 0 Å². The second-order valence-electron chi connectivity index (χ2n) is 6.20. The van der Waals surface area contributed by atoms with E-state index in [-0.39, 0.29) is 32.4 Å². The molecule has 9 heteroatoms. The van der Waals surface area contributed by atoms with Crippen molar-refractivity contribution in [2.24, 2.45) is 5.41 Å². The van der Waals surface area contributed by atoms with Crippen molar-refractivity contribution in [3.8, 4) is 0 Å². The van der Waals surface area contributed by atoms with E-state index in [1.54, 1.807) is 13.0 Å². The minimum absolute atomic E-state index is 0.0203. The molecule has 0 aromatic carbocycles. The Kier molecular flexibility index (Phi) is 6.41. The molecular weight excluding hydrogens is 354 g/mol. The molecule has 1 aromatic rings. The molecule has 0 radical (unpaired) electrons. The lowest BCUT2D eigenvalue weighted by Gasteiger charge is -2.37. The molecule has 1 saturated heterocycles. The number of nitrogens with zero attached hydrogens (tertiary/aromatic N) is 3. The standard InChI is InChI=1S/C18H21N3O6/c1-3-18(15(23)14(20-19)16(24)27-4-2)7-5-8-21(17(18)25)13(22)10-12-6-9-26-11-12/h6,9,11H,3-5,7-8,10H2,1-2H3/t18-/m1/s1. The molecule has 1 aromatic heterocycles. The molecule has 0 saturated carbocycles. The van der Waals surface area contributed by atoms with E-state index < -0.39 is 34.7 Å². The fourth-order valence-corrected chi connectivity index (χ4v) is 3.21. The summed E-state index contributed by atoms with van der Waals surface area (Å²) < 4.78 is 9.64. The maximum atomic E-state index is 13.1. The van der Waals surface area contributed by atoms with Crippen molar-refractivity contribution in [2.45, 2.75) is 39.5 Å². The number of imide groups is 1. The SMILES string of the molecule is CCOC(=O)C(=[N+]=[N-])C(=O)[C@@]1(CC)CCCN(C(=O)Cc2ccoc2)C1=O. The quantitative estimate of drug-likeness (QED) is 0.231. The maximum absolute atomic E-state index is 13.1. The van der Waals surface area contributed by atoms with Crippen LogP contribution in [0.4, 0.5) is 0 Å². The molecule has 0 N–H and O–H groups in total. The largest absolute Gasteiger partial charge is 0.472 e. The van der Waals surface area contributed by atoms with Gasteiger partial charge in [-0.15, -0.1) is 0 Å². The second kappa shape index (κ2) is 8.55. The van der Waals surface area contributed by atoms with Gasteiger partial charge in [-0.2, -0.15) is 4.79 Å². The van der Waals surface area contributed by atoms with E-state index in [9.17, 15) is 19.2 Å². The van der Waals surface area contributed by atoms with Gasteiger partial charge >= 0.3 is 11.7 Å². The monoisotopic (exact) mass is 375 g/mol. The molecular formula is C18H21N3O6. The minimum Gasteiger partial charge on any atom is -0.472 e. The number of hydrogen-bond donors (Lipinski definition) is 0. The van der Waals surface area contributed by atoms with E-state index in [1.807, 2.05) is 0 Å². The van der Waals surface area contributed by atoms with Crippen molar-refractivity contribution >= 4 is 29.3 Å². The highest BCUT2D eigenvalue weighted by Crippen LogP contribution is 2.36. The third-order valence-electron chi connectivity index (χ3n) is 4.70. The highest BCUT2D eigenvalue weighted by molar-refractivity contribution is 6.64. The molecule has 144 valence electrons. The predicted octanol–water partition coefficient (Wildman–Crippen LogP) is 1.17. The molecule has 9 nitrogen and oxygen atoms in total.